The normalized spacial score (nSPS) is 13.3. The lowest BCUT2D eigenvalue weighted by atomic mass is 9.35. The summed E-state index contributed by atoms with van der Waals surface area (Å²) in [4.78, 5) is 5.04. The molecule has 0 saturated heterocycles. The van der Waals surface area contributed by atoms with Crippen molar-refractivity contribution in [1.82, 2.24) is 13.7 Å². The van der Waals surface area contributed by atoms with Crippen LogP contribution in [-0.4, -0.2) is 27.1 Å². The van der Waals surface area contributed by atoms with Gasteiger partial charge in [0.1, 0.15) is 5.58 Å². The predicted molar refractivity (Wildman–Crippen MR) is 351 cm³/mol. The van der Waals surface area contributed by atoms with Crippen LogP contribution in [0, 0.1) is 13.8 Å². The first kappa shape index (κ1) is 46.0. The molecule has 0 amide bonds. The van der Waals surface area contributed by atoms with Gasteiger partial charge in [-0.25, -0.2) is 0 Å². The van der Waals surface area contributed by atoms with Crippen molar-refractivity contribution in [3.63, 3.8) is 0 Å². The maximum Gasteiger partial charge on any atom is 0.297 e. The van der Waals surface area contributed by atoms with Crippen LogP contribution >= 0.6 is 0 Å². The third kappa shape index (κ3) is 5.91. The van der Waals surface area contributed by atoms with Gasteiger partial charge < -0.3 is 27.9 Å². The molecule has 0 fully saturated rings. The number of aromatic nitrogens is 3. The fourth-order valence-electron chi connectivity index (χ4n) is 15.6. The minimum atomic E-state index is -0.193. The van der Waals surface area contributed by atoms with Crippen LogP contribution in [0.15, 0.2) is 265 Å². The number of aryl methyl sites for hydroxylation is 1. The zero-order chi connectivity index (χ0) is 55.1. The molecule has 0 spiro atoms. The molecule has 4 aromatic heterocycles. The van der Waals surface area contributed by atoms with Crippen LogP contribution in [-0.2, 0) is 0 Å². The zero-order valence-corrected chi connectivity index (χ0v) is 46.1. The SMILES string of the molecule is Cc1c(C)n2c3c(cccc13)B1c3c(cccc3-2)N(c2cccc(-c3cccc4c5c(oc34)B3c4c(cccc4-n4c(-c6ccccc6)c(-c6ccccc6)c6cccc3c64)N5c3ccccc3)c2)c2c1n(-c1ccccc1)c1ccccc21. The number of furan rings is 1. The summed E-state index contributed by atoms with van der Waals surface area (Å²) in [5.41, 5.74) is 31.7. The van der Waals surface area contributed by atoms with Gasteiger partial charge in [-0.3, -0.25) is 0 Å². The van der Waals surface area contributed by atoms with Crippen molar-refractivity contribution in [2.75, 3.05) is 9.80 Å². The molecule has 11 aromatic carbocycles. The highest BCUT2D eigenvalue weighted by atomic mass is 16.3. The van der Waals surface area contributed by atoms with Gasteiger partial charge in [0.05, 0.1) is 28.2 Å². The lowest BCUT2D eigenvalue weighted by Gasteiger charge is -2.39. The minimum Gasteiger partial charge on any atom is -0.467 e. The third-order valence-electron chi connectivity index (χ3n) is 19.0. The molecule has 0 atom stereocenters. The van der Waals surface area contributed by atoms with Crippen LogP contribution in [0.5, 0.6) is 0 Å². The van der Waals surface area contributed by atoms with Gasteiger partial charge in [-0.1, -0.05) is 188 Å². The van der Waals surface area contributed by atoms with E-state index in [-0.39, 0.29) is 13.4 Å². The van der Waals surface area contributed by atoms with E-state index in [1.54, 1.807) is 0 Å². The van der Waals surface area contributed by atoms with E-state index in [2.05, 4.69) is 298 Å². The minimum absolute atomic E-state index is 0.0353. The molecule has 15 aromatic rings. The molecule has 0 aliphatic carbocycles. The van der Waals surface area contributed by atoms with E-state index in [1.165, 1.54) is 111 Å². The average Bonchev–Trinajstić information content (AvgIpc) is 1.50. The number of nitrogens with zero attached hydrogens (tertiary/aromatic N) is 5. The molecule has 390 valence electrons. The summed E-state index contributed by atoms with van der Waals surface area (Å²) in [5, 5.41) is 4.82. The van der Waals surface area contributed by atoms with Crippen molar-refractivity contribution < 1.29 is 4.42 Å². The van der Waals surface area contributed by atoms with Crippen LogP contribution in [0.1, 0.15) is 11.3 Å². The Morgan fingerprint density at radius 3 is 1.64 bits per heavy atom. The molecular weight excluding hydrogens is 1020 g/mol. The van der Waals surface area contributed by atoms with Crippen molar-refractivity contribution in [2.45, 2.75) is 13.8 Å². The van der Waals surface area contributed by atoms with Gasteiger partial charge in [0.15, 0.2) is 0 Å². The van der Waals surface area contributed by atoms with E-state index in [9.17, 15) is 0 Å². The summed E-state index contributed by atoms with van der Waals surface area (Å²) in [6.07, 6.45) is 0. The second-order valence-electron chi connectivity index (χ2n) is 23.1. The molecule has 0 N–H and O–H groups in total. The topological polar surface area (TPSA) is 34.4 Å². The smallest absolute Gasteiger partial charge is 0.297 e. The number of rotatable bonds is 6. The van der Waals surface area contributed by atoms with Gasteiger partial charge in [0.25, 0.3) is 13.4 Å². The van der Waals surface area contributed by atoms with E-state index in [1.807, 2.05) is 0 Å². The van der Waals surface area contributed by atoms with Crippen LogP contribution in [0.25, 0.3) is 94.3 Å². The first-order valence-corrected chi connectivity index (χ1v) is 29.3. The number of para-hydroxylation sites is 6. The molecule has 8 heterocycles. The van der Waals surface area contributed by atoms with E-state index in [0.29, 0.717) is 0 Å². The van der Waals surface area contributed by atoms with Gasteiger partial charge in [0.2, 0.25) is 0 Å². The highest BCUT2D eigenvalue weighted by Crippen LogP contribution is 2.50. The maximum absolute atomic E-state index is 7.79. The van der Waals surface area contributed by atoms with E-state index >= 15 is 0 Å². The Morgan fingerprint density at radius 1 is 0.369 bits per heavy atom. The zero-order valence-electron chi connectivity index (χ0n) is 46.1. The summed E-state index contributed by atoms with van der Waals surface area (Å²) in [6, 6.07) is 96.4. The maximum atomic E-state index is 7.79. The Morgan fingerprint density at radius 2 is 0.893 bits per heavy atom. The lowest BCUT2D eigenvalue weighted by molar-refractivity contribution is 0.652. The summed E-state index contributed by atoms with van der Waals surface area (Å²) in [6.45, 7) is 4.34. The number of anilines is 6. The lowest BCUT2D eigenvalue weighted by Crippen LogP contribution is -2.62. The number of fused-ring (bicyclic) bond motifs is 12. The molecule has 19 rings (SSSR count). The molecule has 0 saturated carbocycles. The Bertz CT molecular complexity index is 5310. The van der Waals surface area contributed by atoms with Gasteiger partial charge in [-0.05, 0) is 131 Å². The quantitative estimate of drug-likeness (QED) is 0.156. The Balaban J connectivity index is 0.860. The fraction of sp³-hybridized carbons (Fsp3) is 0.0263. The summed E-state index contributed by atoms with van der Waals surface area (Å²) >= 11 is 0. The predicted octanol–water partition coefficient (Wildman–Crippen LogP) is 15.1. The highest BCUT2D eigenvalue weighted by molar-refractivity contribution is 7.01. The fourth-order valence-corrected chi connectivity index (χ4v) is 15.6. The average molecular weight is 1070 g/mol. The van der Waals surface area contributed by atoms with Gasteiger partial charge >= 0.3 is 0 Å². The van der Waals surface area contributed by atoms with Gasteiger partial charge in [-0.15, -0.1) is 0 Å². The van der Waals surface area contributed by atoms with E-state index in [4.69, 9.17) is 4.42 Å². The molecule has 6 nitrogen and oxygen atoms in total. The second kappa shape index (κ2) is 16.9. The third-order valence-corrected chi connectivity index (χ3v) is 19.0. The highest BCUT2D eigenvalue weighted by Gasteiger charge is 2.48. The van der Waals surface area contributed by atoms with Gasteiger partial charge in [0, 0.05) is 94.8 Å². The molecule has 0 unspecified atom stereocenters. The van der Waals surface area contributed by atoms with Crippen LogP contribution in [0.2, 0.25) is 0 Å². The first-order valence-electron chi connectivity index (χ1n) is 29.3. The molecule has 4 aliphatic rings. The van der Waals surface area contributed by atoms with E-state index in [0.717, 1.165) is 61.9 Å². The molecule has 0 bridgehead atoms. The number of benzene rings is 11. The van der Waals surface area contributed by atoms with Crippen molar-refractivity contribution in [2.24, 2.45) is 0 Å². The molecular formula is C76H49B2N5O. The van der Waals surface area contributed by atoms with Crippen LogP contribution < -0.4 is 42.9 Å². The Hall–Kier alpha value is -10.7. The van der Waals surface area contributed by atoms with Crippen molar-refractivity contribution >= 4 is 124 Å². The summed E-state index contributed by atoms with van der Waals surface area (Å²) in [7, 11) is 0. The van der Waals surface area contributed by atoms with E-state index < -0.39 is 0 Å². The first-order chi connectivity index (χ1) is 41.6. The monoisotopic (exact) mass is 1070 g/mol. The summed E-state index contributed by atoms with van der Waals surface area (Å²) < 4.78 is 15.4. The second-order valence-corrected chi connectivity index (χ2v) is 23.1. The van der Waals surface area contributed by atoms with Gasteiger partial charge in [-0.2, -0.15) is 0 Å². The standard InChI is InChI=1S/C76H49B2N5O/c1-46-47(2)79-62-41-21-42-63-67(62)77(59-38-19-34-54(46)70(59)79)75-72(56-33-15-16-40-61(56)82(75)52-30-13-6-14-31-52)81(63)53-32-17-27-50(45-53)55-35-18-37-58-73-76(84-74(55)58)78-60-39-20-36-57-66(48-23-7-3-8-24-48)69(49-25-9-4-10-26-49)83(71(57)60)65-44-22-43-64(68(65)78)80(73)51-28-11-5-12-29-51/h3-45H,1-2H3. The largest absolute Gasteiger partial charge is 0.467 e. The Labute approximate surface area is 486 Å². The van der Waals surface area contributed by atoms with Crippen molar-refractivity contribution in [3.8, 4) is 50.6 Å². The van der Waals surface area contributed by atoms with Crippen LogP contribution in [0.4, 0.5) is 34.1 Å². The Kier molecular flexibility index (Phi) is 9.27. The molecule has 8 heteroatoms. The molecule has 4 aliphatic heterocycles. The summed E-state index contributed by atoms with van der Waals surface area (Å²) in [5.74, 6) is 0. The van der Waals surface area contributed by atoms with Crippen molar-refractivity contribution in [1.29, 1.82) is 0 Å². The molecule has 0 radical (unpaired) electrons. The number of hydrogen-bond acceptors (Lipinski definition) is 3. The van der Waals surface area contributed by atoms with Crippen LogP contribution in [0.3, 0.4) is 0 Å². The van der Waals surface area contributed by atoms with Crippen molar-refractivity contribution in [3.05, 3.63) is 272 Å². The molecule has 84 heavy (non-hydrogen) atoms. The number of hydrogen-bond donors (Lipinski definition) is 0.